The lowest BCUT2D eigenvalue weighted by Crippen LogP contribution is -2.11. The molecule has 2 aromatic rings. The highest BCUT2D eigenvalue weighted by molar-refractivity contribution is 5.92. The third-order valence-electron chi connectivity index (χ3n) is 4.01. The minimum Gasteiger partial charge on any atom is -0.436 e. The fourth-order valence-electron chi connectivity index (χ4n) is 2.81. The average Bonchev–Trinajstić information content (AvgIpc) is 3.04. The molecule has 1 saturated carbocycles. The van der Waals surface area contributed by atoms with Crippen LogP contribution in [0.1, 0.15) is 47.5 Å². The Hall–Kier alpha value is -2.43. The number of nitrogens with two attached hydrogens (primary N) is 1. The molecule has 114 valence electrons. The number of ether oxygens (including phenoxy) is 1. The van der Waals surface area contributed by atoms with Crippen LogP contribution in [0.3, 0.4) is 0 Å². The summed E-state index contributed by atoms with van der Waals surface area (Å²) in [4.78, 5) is 14.8. The highest BCUT2D eigenvalue weighted by Gasteiger charge is 2.17. The van der Waals surface area contributed by atoms with Crippen LogP contribution >= 0.6 is 0 Å². The molecule has 2 N–H and O–H groups in total. The average molecular weight is 300 g/mol. The SMILES string of the molecule is NC(=O)c1cnc(Oc2ccc(C3CCCC3)cc2)c(F)c1. The Morgan fingerprint density at radius 1 is 1.23 bits per heavy atom. The van der Waals surface area contributed by atoms with Crippen LogP contribution in [0.4, 0.5) is 4.39 Å². The highest BCUT2D eigenvalue weighted by Crippen LogP contribution is 2.35. The summed E-state index contributed by atoms with van der Waals surface area (Å²) in [7, 11) is 0. The molecule has 5 heteroatoms. The van der Waals surface area contributed by atoms with Crippen LogP contribution in [0.15, 0.2) is 36.5 Å². The predicted molar refractivity (Wildman–Crippen MR) is 80.4 cm³/mol. The number of primary amides is 1. The molecule has 1 aliphatic carbocycles. The van der Waals surface area contributed by atoms with E-state index < -0.39 is 11.7 Å². The second kappa shape index (κ2) is 6.13. The van der Waals surface area contributed by atoms with Gasteiger partial charge >= 0.3 is 0 Å². The van der Waals surface area contributed by atoms with Crippen molar-refractivity contribution in [1.29, 1.82) is 0 Å². The zero-order valence-corrected chi connectivity index (χ0v) is 12.1. The zero-order chi connectivity index (χ0) is 15.5. The number of hydrogen-bond acceptors (Lipinski definition) is 3. The molecule has 0 spiro atoms. The van der Waals surface area contributed by atoms with E-state index in [0.717, 1.165) is 6.07 Å². The van der Waals surface area contributed by atoms with Crippen LogP contribution < -0.4 is 10.5 Å². The van der Waals surface area contributed by atoms with Crippen LogP contribution in [-0.2, 0) is 0 Å². The summed E-state index contributed by atoms with van der Waals surface area (Å²) >= 11 is 0. The van der Waals surface area contributed by atoms with Crippen LogP contribution in [-0.4, -0.2) is 10.9 Å². The first-order chi connectivity index (χ1) is 10.6. The first-order valence-corrected chi connectivity index (χ1v) is 7.36. The second-order valence-corrected chi connectivity index (χ2v) is 5.53. The van der Waals surface area contributed by atoms with Crippen molar-refractivity contribution in [2.24, 2.45) is 5.73 Å². The van der Waals surface area contributed by atoms with Crippen molar-refractivity contribution < 1.29 is 13.9 Å². The Labute approximate surface area is 128 Å². The lowest BCUT2D eigenvalue weighted by Gasteiger charge is -2.11. The quantitative estimate of drug-likeness (QED) is 0.934. The van der Waals surface area contributed by atoms with Crippen molar-refractivity contribution >= 4 is 5.91 Å². The number of halogens is 1. The van der Waals surface area contributed by atoms with Crippen molar-refractivity contribution in [3.8, 4) is 11.6 Å². The van der Waals surface area contributed by atoms with Crippen molar-refractivity contribution in [2.45, 2.75) is 31.6 Å². The van der Waals surface area contributed by atoms with E-state index >= 15 is 0 Å². The molecule has 1 aromatic carbocycles. The molecule has 22 heavy (non-hydrogen) atoms. The molecular weight excluding hydrogens is 283 g/mol. The number of rotatable bonds is 4. The Morgan fingerprint density at radius 3 is 2.50 bits per heavy atom. The molecule has 0 atom stereocenters. The summed E-state index contributed by atoms with van der Waals surface area (Å²) in [6.07, 6.45) is 6.22. The summed E-state index contributed by atoms with van der Waals surface area (Å²) in [6.45, 7) is 0. The third kappa shape index (κ3) is 3.08. The molecule has 0 bridgehead atoms. The number of pyridine rings is 1. The van der Waals surface area contributed by atoms with Gasteiger partial charge in [0.05, 0.1) is 5.56 Å². The molecule has 0 aliphatic heterocycles. The summed E-state index contributed by atoms with van der Waals surface area (Å²) in [6, 6.07) is 8.69. The van der Waals surface area contributed by atoms with E-state index in [-0.39, 0.29) is 11.4 Å². The molecule has 1 heterocycles. The standard InChI is InChI=1S/C17H17FN2O2/c18-15-9-13(16(19)21)10-20-17(15)22-14-7-5-12(6-8-14)11-3-1-2-4-11/h5-11H,1-4H2,(H2,19,21). The van der Waals surface area contributed by atoms with Gasteiger partial charge in [-0.05, 0) is 42.5 Å². The number of benzene rings is 1. The van der Waals surface area contributed by atoms with Gasteiger partial charge in [-0.15, -0.1) is 0 Å². The van der Waals surface area contributed by atoms with Gasteiger partial charge in [0.2, 0.25) is 5.91 Å². The molecule has 1 aliphatic rings. The minimum absolute atomic E-state index is 0.0152. The minimum atomic E-state index is -0.723. The summed E-state index contributed by atoms with van der Waals surface area (Å²) in [5.41, 5.74) is 6.38. The lowest BCUT2D eigenvalue weighted by atomic mass is 9.98. The molecule has 1 aromatic heterocycles. The Bertz CT molecular complexity index is 680. The first kappa shape index (κ1) is 14.5. The van der Waals surface area contributed by atoms with Gasteiger partial charge in [-0.2, -0.15) is 0 Å². The molecule has 4 nitrogen and oxygen atoms in total. The number of nitrogens with zero attached hydrogens (tertiary/aromatic N) is 1. The number of amides is 1. The molecule has 0 unspecified atom stereocenters. The zero-order valence-electron chi connectivity index (χ0n) is 12.1. The fraction of sp³-hybridized carbons (Fsp3) is 0.294. The topological polar surface area (TPSA) is 65.2 Å². The van der Waals surface area contributed by atoms with Crippen molar-refractivity contribution in [1.82, 2.24) is 4.98 Å². The van der Waals surface area contributed by atoms with Gasteiger partial charge in [0.25, 0.3) is 5.88 Å². The molecule has 0 saturated heterocycles. The highest BCUT2D eigenvalue weighted by atomic mass is 19.1. The molecule has 1 fully saturated rings. The normalized spacial score (nSPS) is 15.0. The van der Waals surface area contributed by atoms with Gasteiger partial charge in [0, 0.05) is 6.20 Å². The van der Waals surface area contributed by atoms with Crippen LogP contribution in [0, 0.1) is 5.82 Å². The van der Waals surface area contributed by atoms with Gasteiger partial charge < -0.3 is 10.5 Å². The Kier molecular flexibility index (Phi) is 4.04. The van der Waals surface area contributed by atoms with E-state index in [9.17, 15) is 9.18 Å². The first-order valence-electron chi connectivity index (χ1n) is 7.36. The lowest BCUT2D eigenvalue weighted by molar-refractivity contribution is 0.0999. The van der Waals surface area contributed by atoms with Crippen LogP contribution in [0.5, 0.6) is 11.6 Å². The van der Waals surface area contributed by atoms with E-state index in [1.165, 1.54) is 37.4 Å². The molecule has 1 amide bonds. The van der Waals surface area contributed by atoms with E-state index in [4.69, 9.17) is 10.5 Å². The number of carbonyl (C=O) groups is 1. The number of aromatic nitrogens is 1. The second-order valence-electron chi connectivity index (χ2n) is 5.53. The number of carbonyl (C=O) groups excluding carboxylic acids is 1. The van der Waals surface area contributed by atoms with Crippen molar-refractivity contribution in [3.63, 3.8) is 0 Å². The fourth-order valence-corrected chi connectivity index (χ4v) is 2.81. The maximum atomic E-state index is 13.8. The van der Waals surface area contributed by atoms with Crippen molar-refractivity contribution in [3.05, 3.63) is 53.5 Å². The summed E-state index contributed by atoms with van der Waals surface area (Å²) in [5, 5.41) is 0. The monoisotopic (exact) mass is 300 g/mol. The molecule has 0 radical (unpaired) electrons. The maximum absolute atomic E-state index is 13.8. The number of hydrogen-bond donors (Lipinski definition) is 1. The largest absolute Gasteiger partial charge is 0.436 e. The molecule has 3 rings (SSSR count). The molecular formula is C17H17FN2O2. The smallest absolute Gasteiger partial charge is 0.255 e. The summed E-state index contributed by atoms with van der Waals surface area (Å²) < 4.78 is 19.2. The maximum Gasteiger partial charge on any atom is 0.255 e. The van der Waals surface area contributed by atoms with Gasteiger partial charge in [-0.1, -0.05) is 25.0 Å². The van der Waals surface area contributed by atoms with Crippen LogP contribution in [0.25, 0.3) is 0 Å². The van der Waals surface area contributed by atoms with E-state index in [1.807, 2.05) is 24.3 Å². The Morgan fingerprint density at radius 2 is 1.91 bits per heavy atom. The van der Waals surface area contributed by atoms with Gasteiger partial charge in [0.1, 0.15) is 5.75 Å². The van der Waals surface area contributed by atoms with E-state index in [0.29, 0.717) is 11.7 Å². The summed E-state index contributed by atoms with van der Waals surface area (Å²) in [5.74, 6) is -0.465. The van der Waals surface area contributed by atoms with Gasteiger partial charge in [0.15, 0.2) is 5.82 Å². The third-order valence-corrected chi connectivity index (χ3v) is 4.01. The predicted octanol–water partition coefficient (Wildman–Crippen LogP) is 3.77. The Balaban J connectivity index is 1.74. The van der Waals surface area contributed by atoms with Crippen LogP contribution in [0.2, 0.25) is 0 Å². The van der Waals surface area contributed by atoms with Gasteiger partial charge in [-0.3, -0.25) is 4.79 Å². The van der Waals surface area contributed by atoms with E-state index in [2.05, 4.69) is 4.98 Å². The van der Waals surface area contributed by atoms with E-state index in [1.54, 1.807) is 0 Å². The van der Waals surface area contributed by atoms with Gasteiger partial charge in [-0.25, -0.2) is 9.37 Å². The van der Waals surface area contributed by atoms with Crippen molar-refractivity contribution in [2.75, 3.05) is 0 Å².